The van der Waals surface area contributed by atoms with Gasteiger partial charge in [-0.2, -0.15) is 0 Å². The molecule has 0 bridgehead atoms. The molecule has 10 amide bonds. The number of imide groups is 2. The van der Waals surface area contributed by atoms with Gasteiger partial charge in [-0.05, 0) is 89.8 Å². The number of aliphatic hydroxyl groups excluding tert-OH is 8. The molecule has 11 atom stereocenters. The highest BCUT2D eigenvalue weighted by Gasteiger charge is 2.46. The van der Waals surface area contributed by atoms with Gasteiger partial charge in [0.05, 0.1) is 55.2 Å². The van der Waals surface area contributed by atoms with Crippen LogP contribution in [0.3, 0.4) is 0 Å². The zero-order valence-electron chi connectivity index (χ0n) is 63.6. The van der Waals surface area contributed by atoms with E-state index in [1.807, 2.05) is 0 Å². The Bertz CT molecular complexity index is 3740. The van der Waals surface area contributed by atoms with E-state index < -0.39 is 149 Å². The molecule has 0 spiro atoms. The Morgan fingerprint density at radius 1 is 0.487 bits per heavy atom. The third kappa shape index (κ3) is 33.9. The molecular formula is C72H102N8O32S. The second kappa shape index (κ2) is 47.8. The Kier molecular flexibility index (Phi) is 40.5. The average molecular weight is 1620 g/mol. The number of anilines is 2. The molecule has 0 saturated carbocycles. The van der Waals surface area contributed by atoms with Gasteiger partial charge in [0.25, 0.3) is 23.6 Å². The van der Waals surface area contributed by atoms with E-state index in [1.165, 1.54) is 42.5 Å². The minimum atomic E-state index is -3.11. The number of hydrogen-bond donors (Lipinski definition) is 14. The van der Waals surface area contributed by atoms with Crippen molar-refractivity contribution >= 4 is 98.8 Å². The maximum absolute atomic E-state index is 12.9. The van der Waals surface area contributed by atoms with Crippen LogP contribution >= 0.6 is 0 Å². The van der Waals surface area contributed by atoms with E-state index in [-0.39, 0.29) is 170 Å². The van der Waals surface area contributed by atoms with E-state index in [2.05, 4.69) is 31.9 Å². The SMILES string of the molecule is CC(C)(C)C(=O)OCc1ccc(O[C@@H]2O[C@H](CO)[C@H](O)[C@H](O)[C@H]2O)c(NC(=O)CCNC(=O)CCCCCN2C(=O)C=CC2=O)c1.C[C@@H](CC(=O)CCOCCNC(=O)CCN1C(=O)C=CC1=O)C(=O)NCCOCC(=O)NCCC(=O)Nc1cc(COC(=O)C(C)(C)C)ccc1O[C@@H]1O[C@H](CO)[C@H](O)[C@H](O)[C@H]1O.O=S(=O)=O. The van der Waals surface area contributed by atoms with Gasteiger partial charge in [0.1, 0.15) is 85.9 Å². The van der Waals surface area contributed by atoms with Crippen LogP contribution in [0.15, 0.2) is 60.7 Å². The third-order valence-electron chi connectivity index (χ3n) is 16.6. The minimum Gasteiger partial charge on any atom is -0.460 e. The fourth-order valence-electron chi connectivity index (χ4n) is 10.3. The number of aliphatic hydroxyl groups is 8. The van der Waals surface area contributed by atoms with Crippen molar-refractivity contribution in [2.45, 2.75) is 181 Å². The molecule has 113 heavy (non-hydrogen) atoms. The predicted molar refractivity (Wildman–Crippen MR) is 388 cm³/mol. The van der Waals surface area contributed by atoms with Gasteiger partial charge in [-0.15, -0.1) is 12.6 Å². The number of nitrogens with zero attached hydrogens (tertiary/aromatic N) is 2. The highest BCUT2D eigenvalue weighted by atomic mass is 32.2. The first-order valence-corrected chi connectivity index (χ1v) is 37.0. The van der Waals surface area contributed by atoms with Gasteiger partial charge in [-0.25, -0.2) is 0 Å². The van der Waals surface area contributed by atoms with Gasteiger partial charge in [0, 0.05) is 108 Å². The maximum Gasteiger partial charge on any atom is 0.425 e. The summed E-state index contributed by atoms with van der Waals surface area (Å²) in [5.41, 5.74) is -0.379. The quantitative estimate of drug-likeness (QED) is 0.0178. The van der Waals surface area contributed by atoms with Gasteiger partial charge in [-0.3, -0.25) is 72.1 Å². The molecule has 0 aliphatic carbocycles. The molecule has 2 aromatic carbocycles. The van der Waals surface area contributed by atoms with Crippen LogP contribution in [-0.4, -0.2) is 280 Å². The largest absolute Gasteiger partial charge is 0.460 e. The number of nitrogens with one attached hydrogen (secondary N) is 6. The van der Waals surface area contributed by atoms with Crippen LogP contribution in [0.4, 0.5) is 11.4 Å². The summed E-state index contributed by atoms with van der Waals surface area (Å²) in [5.74, 6) is -6.03. The minimum absolute atomic E-state index is 0.0146. The fourth-order valence-corrected chi connectivity index (χ4v) is 10.3. The number of benzene rings is 2. The number of Topliss-reactive ketones (excluding diaryl/α,β-unsaturated/α-hetero) is 1. The zero-order valence-corrected chi connectivity index (χ0v) is 64.4. The lowest BCUT2D eigenvalue weighted by Gasteiger charge is -2.39. The highest BCUT2D eigenvalue weighted by Crippen LogP contribution is 2.34. The van der Waals surface area contributed by atoms with E-state index in [9.17, 15) is 103 Å². The van der Waals surface area contributed by atoms with E-state index in [1.54, 1.807) is 54.5 Å². The van der Waals surface area contributed by atoms with Crippen molar-refractivity contribution in [1.29, 1.82) is 0 Å². The molecule has 628 valence electrons. The molecular weight excluding hydrogens is 1520 g/mol. The van der Waals surface area contributed by atoms with Crippen LogP contribution in [0.5, 0.6) is 11.5 Å². The molecule has 4 heterocycles. The molecule has 4 aliphatic rings. The Hall–Kier alpha value is -9.63. The fraction of sp³-hybridized carbons (Fsp3) is 0.597. The number of ketones is 1. The molecule has 2 saturated heterocycles. The van der Waals surface area contributed by atoms with Gasteiger partial charge in [-0.1, -0.05) is 25.5 Å². The van der Waals surface area contributed by atoms with Crippen molar-refractivity contribution in [2.24, 2.45) is 16.7 Å². The molecule has 2 aromatic rings. The number of unbranched alkanes of at least 4 members (excludes halogenated alkanes) is 2. The summed E-state index contributed by atoms with van der Waals surface area (Å²) in [4.78, 5) is 160. The summed E-state index contributed by atoms with van der Waals surface area (Å²) >= 11 is 0. The Morgan fingerprint density at radius 3 is 1.35 bits per heavy atom. The van der Waals surface area contributed by atoms with Gasteiger partial charge in [0.2, 0.25) is 48.0 Å². The number of hydrogen-bond acceptors (Lipinski definition) is 32. The standard InChI is InChI=1S/C41H59N5O17.C31H43N3O12.O3S/c1-24(19-26(48)11-16-59-17-13-43-30(49)10-15-46-33(52)7-8-34(46)53)38(57)44-14-18-60-23-32(51)42-12-9-31(50)45-27-20-25(22-61-40(58)41(2,3)4)5-6-28(27)62-39-37(56)36(55)35(54)29(21-47)63-39;1-31(2,3)30(43)44-17-18-8-9-20(45-29-28(42)27(41)26(40)21(16-35)46-29)19(15-18)33-23(37)12-13-32-22(36)7-5-4-6-14-34-24(38)10-11-25(34)39;1-4(2)3/h5-8,20,24,29,35-37,39,47,54-56H,9-19,21-23H2,1-4H3,(H,42,51)(H,43,49)(H,44,57)(H,45,50);8-11,15,21,26-29,35,40-42H,4-7,12-14,16-17H2,1-3H3,(H,32,36)(H,33,37);/t24-,29+,35-,36-,37+,39+;21-,26+,27+,28-,29-;/m01./s1. The molecule has 40 nitrogen and oxygen atoms in total. The normalized spacial score (nSPS) is 20.8. The first-order valence-electron chi connectivity index (χ1n) is 36.0. The van der Waals surface area contributed by atoms with Crippen molar-refractivity contribution in [3.8, 4) is 11.5 Å². The topological polar surface area (TPSA) is 587 Å². The zero-order chi connectivity index (χ0) is 84.3. The average Bonchev–Trinajstić information content (AvgIpc) is 1.55. The van der Waals surface area contributed by atoms with Crippen molar-refractivity contribution in [3.63, 3.8) is 0 Å². The molecule has 6 rings (SSSR count). The number of carbonyl (C=O) groups excluding carboxylic acids is 13. The summed E-state index contributed by atoms with van der Waals surface area (Å²) in [7, 11) is -3.11. The van der Waals surface area contributed by atoms with Crippen molar-refractivity contribution < 1.29 is 154 Å². The van der Waals surface area contributed by atoms with Crippen molar-refractivity contribution in [3.05, 3.63) is 71.8 Å². The van der Waals surface area contributed by atoms with Crippen LogP contribution in [0.2, 0.25) is 0 Å². The molecule has 0 aromatic heterocycles. The number of carbonyl (C=O) groups is 13. The second-order valence-corrected chi connectivity index (χ2v) is 28.4. The lowest BCUT2D eigenvalue weighted by molar-refractivity contribution is -0.277. The van der Waals surface area contributed by atoms with Gasteiger partial charge >= 0.3 is 22.5 Å². The predicted octanol–water partition coefficient (Wildman–Crippen LogP) is -3.15. The summed E-state index contributed by atoms with van der Waals surface area (Å²) in [6.07, 6.45) is -9.22. The van der Waals surface area contributed by atoms with E-state index >= 15 is 0 Å². The Labute approximate surface area is 651 Å². The molecule has 41 heteroatoms. The first-order chi connectivity index (χ1) is 53.2. The van der Waals surface area contributed by atoms with Gasteiger partial charge in [0.15, 0.2) is 0 Å². The lowest BCUT2D eigenvalue weighted by atomic mass is 9.97. The van der Waals surface area contributed by atoms with E-state index in [4.69, 9.17) is 50.5 Å². The van der Waals surface area contributed by atoms with Crippen LogP contribution in [0, 0.1) is 16.7 Å². The van der Waals surface area contributed by atoms with Crippen LogP contribution in [0.1, 0.15) is 117 Å². The third-order valence-corrected chi connectivity index (χ3v) is 16.6. The van der Waals surface area contributed by atoms with E-state index in [0.717, 1.165) is 22.0 Å². The summed E-state index contributed by atoms with van der Waals surface area (Å²) in [6, 6.07) is 8.87. The number of rotatable bonds is 41. The first kappa shape index (κ1) is 95.7. The Morgan fingerprint density at radius 2 is 0.903 bits per heavy atom. The monoisotopic (exact) mass is 1620 g/mol. The van der Waals surface area contributed by atoms with Crippen LogP contribution in [0.25, 0.3) is 0 Å². The van der Waals surface area contributed by atoms with Crippen LogP contribution < -0.4 is 41.4 Å². The molecule has 4 aliphatic heterocycles. The summed E-state index contributed by atoms with van der Waals surface area (Å²) < 4.78 is 69.1. The van der Waals surface area contributed by atoms with Crippen molar-refractivity contribution in [2.75, 3.05) is 89.5 Å². The molecule has 0 radical (unpaired) electrons. The number of esters is 2. The molecule has 0 unspecified atom stereocenters. The lowest BCUT2D eigenvalue weighted by Crippen LogP contribution is -2.60. The smallest absolute Gasteiger partial charge is 0.425 e. The van der Waals surface area contributed by atoms with Crippen LogP contribution in [-0.2, 0) is 115 Å². The second-order valence-electron chi connectivity index (χ2n) is 28.0. The van der Waals surface area contributed by atoms with Gasteiger partial charge < -0.3 is 111 Å². The Balaban J connectivity index is 0.000000474. The summed E-state index contributed by atoms with van der Waals surface area (Å²) in [6.45, 7) is 10.4. The molecule has 14 N–H and O–H groups in total. The molecule has 2 fully saturated rings. The number of amides is 10. The highest BCUT2D eigenvalue weighted by molar-refractivity contribution is 7.59. The maximum atomic E-state index is 12.9. The number of ether oxygens (including phenoxy) is 8. The van der Waals surface area contributed by atoms with E-state index in [0.29, 0.717) is 30.4 Å². The van der Waals surface area contributed by atoms with Crippen molar-refractivity contribution in [1.82, 2.24) is 31.1 Å². The summed E-state index contributed by atoms with van der Waals surface area (Å²) in [5, 5.41) is 96.1.